The van der Waals surface area contributed by atoms with E-state index in [4.69, 9.17) is 16.3 Å². The number of halogens is 1. The molecule has 0 heterocycles. The molecule has 0 aliphatic carbocycles. The predicted molar refractivity (Wildman–Crippen MR) is 81.2 cm³/mol. The molecule has 0 radical (unpaired) electrons. The lowest BCUT2D eigenvalue weighted by Gasteiger charge is -2.15. The van der Waals surface area contributed by atoms with E-state index in [-0.39, 0.29) is 11.8 Å². The van der Waals surface area contributed by atoms with Gasteiger partial charge < -0.3 is 4.74 Å². The second kappa shape index (κ2) is 6.45. The van der Waals surface area contributed by atoms with E-state index in [9.17, 15) is 5.26 Å². The minimum absolute atomic E-state index is 0.162. The molecule has 20 heavy (non-hydrogen) atoms. The number of hydrogen-bond acceptors (Lipinski definition) is 2. The molecule has 1 atom stereocenters. The molecule has 0 amide bonds. The number of rotatable bonds is 4. The van der Waals surface area contributed by atoms with Gasteiger partial charge in [-0.3, -0.25) is 0 Å². The normalized spacial score (nSPS) is 11.9. The van der Waals surface area contributed by atoms with Crippen LogP contribution in [-0.2, 0) is 0 Å². The van der Waals surface area contributed by atoms with Crippen molar-refractivity contribution in [2.45, 2.75) is 19.8 Å². The highest BCUT2D eigenvalue weighted by Crippen LogP contribution is 2.34. The molecule has 0 saturated carbocycles. The highest BCUT2D eigenvalue weighted by Gasteiger charge is 2.17. The second-order valence-electron chi connectivity index (χ2n) is 4.96. The summed E-state index contributed by atoms with van der Waals surface area (Å²) < 4.78 is 5.78. The zero-order valence-corrected chi connectivity index (χ0v) is 12.3. The molecule has 0 aliphatic rings. The Kier molecular flexibility index (Phi) is 4.65. The molecule has 2 aromatic carbocycles. The fraction of sp³-hybridized carbons (Fsp3) is 0.235. The molecule has 0 fully saturated rings. The van der Waals surface area contributed by atoms with Crippen LogP contribution in [0.5, 0.6) is 11.5 Å². The summed E-state index contributed by atoms with van der Waals surface area (Å²) in [7, 11) is 0. The average molecular weight is 286 g/mol. The van der Waals surface area contributed by atoms with Gasteiger partial charge in [-0.1, -0.05) is 49.7 Å². The van der Waals surface area contributed by atoms with Gasteiger partial charge in [0.05, 0.1) is 17.0 Å². The lowest BCUT2D eigenvalue weighted by molar-refractivity contribution is 0.480. The van der Waals surface area contributed by atoms with Crippen LogP contribution in [0.25, 0.3) is 0 Å². The molecule has 0 aromatic heterocycles. The summed E-state index contributed by atoms with van der Waals surface area (Å²) in [6.07, 6.45) is 0. The van der Waals surface area contributed by atoms with Gasteiger partial charge in [0.15, 0.2) is 0 Å². The predicted octanol–water partition coefficient (Wildman–Crippen LogP) is 5.40. The van der Waals surface area contributed by atoms with Gasteiger partial charge in [-0.15, -0.1) is 0 Å². The first-order valence-corrected chi connectivity index (χ1v) is 6.91. The van der Waals surface area contributed by atoms with Crippen molar-refractivity contribution in [3.8, 4) is 17.6 Å². The minimum atomic E-state index is -0.162. The third kappa shape index (κ3) is 3.31. The monoisotopic (exact) mass is 285 g/mol. The summed E-state index contributed by atoms with van der Waals surface area (Å²) in [5.74, 6) is 1.39. The zero-order chi connectivity index (χ0) is 14.5. The number of nitrogens with zero attached hydrogens (tertiary/aromatic N) is 1. The Morgan fingerprint density at radius 1 is 1.10 bits per heavy atom. The van der Waals surface area contributed by atoms with Crippen molar-refractivity contribution < 1.29 is 4.74 Å². The summed E-state index contributed by atoms with van der Waals surface area (Å²) >= 11 is 6.17. The van der Waals surface area contributed by atoms with Gasteiger partial charge in [-0.05, 0) is 35.7 Å². The van der Waals surface area contributed by atoms with Crippen LogP contribution in [-0.4, -0.2) is 0 Å². The first kappa shape index (κ1) is 14.4. The lowest BCUT2D eigenvalue weighted by Crippen LogP contribution is -2.04. The van der Waals surface area contributed by atoms with Crippen molar-refractivity contribution in [3.63, 3.8) is 0 Å². The van der Waals surface area contributed by atoms with Crippen molar-refractivity contribution in [1.29, 1.82) is 5.26 Å². The number of ether oxygens (including phenoxy) is 1. The van der Waals surface area contributed by atoms with Gasteiger partial charge in [0.1, 0.15) is 11.5 Å². The molecular weight excluding hydrogens is 270 g/mol. The van der Waals surface area contributed by atoms with E-state index in [1.165, 1.54) is 0 Å². The minimum Gasteiger partial charge on any atom is -0.456 e. The number of para-hydroxylation sites is 1. The topological polar surface area (TPSA) is 33.0 Å². The van der Waals surface area contributed by atoms with E-state index >= 15 is 0 Å². The zero-order valence-electron chi connectivity index (χ0n) is 11.5. The number of hydrogen-bond donors (Lipinski definition) is 0. The van der Waals surface area contributed by atoms with Crippen molar-refractivity contribution in [2.24, 2.45) is 5.92 Å². The van der Waals surface area contributed by atoms with E-state index in [1.54, 1.807) is 6.07 Å². The van der Waals surface area contributed by atoms with E-state index < -0.39 is 0 Å². The molecule has 102 valence electrons. The summed E-state index contributed by atoms with van der Waals surface area (Å²) in [4.78, 5) is 0. The van der Waals surface area contributed by atoms with E-state index in [0.717, 1.165) is 11.3 Å². The van der Waals surface area contributed by atoms with E-state index in [2.05, 4.69) is 6.07 Å². The largest absolute Gasteiger partial charge is 0.456 e. The molecule has 3 heteroatoms. The average Bonchev–Trinajstić information content (AvgIpc) is 2.44. The molecule has 0 bridgehead atoms. The fourth-order valence-corrected chi connectivity index (χ4v) is 2.17. The third-order valence-electron chi connectivity index (χ3n) is 3.09. The summed E-state index contributed by atoms with van der Waals surface area (Å²) in [6, 6.07) is 17.3. The van der Waals surface area contributed by atoms with Gasteiger partial charge in [0.25, 0.3) is 0 Å². The smallest absolute Gasteiger partial charge is 0.146 e. The van der Waals surface area contributed by atoms with Crippen LogP contribution in [0.4, 0.5) is 0 Å². The molecule has 0 aliphatic heterocycles. The van der Waals surface area contributed by atoms with Gasteiger partial charge in [-0.2, -0.15) is 5.26 Å². The summed E-state index contributed by atoms with van der Waals surface area (Å²) in [5, 5.41) is 9.82. The Labute approximate surface area is 124 Å². The Balaban J connectivity index is 2.32. The maximum atomic E-state index is 9.28. The van der Waals surface area contributed by atoms with Crippen LogP contribution in [0.3, 0.4) is 0 Å². The van der Waals surface area contributed by atoms with E-state index in [1.807, 2.05) is 56.3 Å². The lowest BCUT2D eigenvalue weighted by atomic mass is 9.90. The maximum Gasteiger partial charge on any atom is 0.146 e. The van der Waals surface area contributed by atoms with Gasteiger partial charge in [0, 0.05) is 0 Å². The molecule has 0 spiro atoms. The number of nitriles is 1. The Hall–Kier alpha value is -1.98. The van der Waals surface area contributed by atoms with Crippen molar-refractivity contribution in [2.75, 3.05) is 0 Å². The SMILES string of the molecule is CC(C)C(C#N)c1ccc(Cl)c(Oc2ccccc2)c1. The summed E-state index contributed by atoms with van der Waals surface area (Å²) in [6.45, 7) is 4.06. The number of benzene rings is 2. The molecule has 0 saturated heterocycles. The first-order valence-electron chi connectivity index (χ1n) is 6.53. The Morgan fingerprint density at radius 3 is 2.40 bits per heavy atom. The van der Waals surface area contributed by atoms with Crippen LogP contribution < -0.4 is 4.74 Å². The Morgan fingerprint density at radius 2 is 1.80 bits per heavy atom. The Bertz CT molecular complexity index is 617. The maximum absolute atomic E-state index is 9.28. The molecule has 1 unspecified atom stereocenters. The quantitative estimate of drug-likeness (QED) is 0.754. The summed E-state index contributed by atoms with van der Waals surface area (Å²) in [5.41, 5.74) is 0.929. The molecule has 2 rings (SSSR count). The van der Waals surface area contributed by atoms with Crippen LogP contribution in [0, 0.1) is 17.2 Å². The first-order chi connectivity index (χ1) is 9.61. The van der Waals surface area contributed by atoms with Gasteiger partial charge >= 0.3 is 0 Å². The molecule has 2 nitrogen and oxygen atoms in total. The van der Waals surface area contributed by atoms with Gasteiger partial charge in [0.2, 0.25) is 0 Å². The van der Waals surface area contributed by atoms with Crippen LogP contribution in [0.15, 0.2) is 48.5 Å². The third-order valence-corrected chi connectivity index (χ3v) is 3.40. The van der Waals surface area contributed by atoms with Crippen molar-refractivity contribution in [1.82, 2.24) is 0 Å². The van der Waals surface area contributed by atoms with Gasteiger partial charge in [-0.25, -0.2) is 0 Å². The highest BCUT2D eigenvalue weighted by atomic mass is 35.5. The second-order valence-corrected chi connectivity index (χ2v) is 5.36. The molecule has 2 aromatic rings. The highest BCUT2D eigenvalue weighted by molar-refractivity contribution is 6.32. The van der Waals surface area contributed by atoms with Crippen LogP contribution >= 0.6 is 11.6 Å². The van der Waals surface area contributed by atoms with E-state index in [0.29, 0.717) is 10.8 Å². The van der Waals surface area contributed by atoms with Crippen molar-refractivity contribution in [3.05, 3.63) is 59.1 Å². The van der Waals surface area contributed by atoms with Crippen molar-refractivity contribution >= 4 is 11.6 Å². The van der Waals surface area contributed by atoms with Crippen LogP contribution in [0.1, 0.15) is 25.3 Å². The standard InChI is InChI=1S/C17H16ClNO/c1-12(2)15(11-19)13-8-9-16(18)17(10-13)20-14-6-4-3-5-7-14/h3-10,12,15H,1-2H3. The van der Waals surface area contributed by atoms with Crippen LogP contribution in [0.2, 0.25) is 5.02 Å². The molecular formula is C17H16ClNO. The molecule has 0 N–H and O–H groups in total. The fourth-order valence-electron chi connectivity index (χ4n) is 2.02.